The Morgan fingerprint density at radius 1 is 1.12 bits per heavy atom. The zero-order chi connectivity index (χ0) is 12.5. The van der Waals surface area contributed by atoms with Gasteiger partial charge < -0.3 is 10.6 Å². The predicted octanol–water partition coefficient (Wildman–Crippen LogP) is 3.79. The van der Waals surface area contributed by atoms with Gasteiger partial charge in [0.05, 0.1) is 0 Å². The van der Waals surface area contributed by atoms with Gasteiger partial charge in [-0.15, -0.1) is 0 Å². The summed E-state index contributed by atoms with van der Waals surface area (Å²) in [6.07, 6.45) is 3.54. The summed E-state index contributed by atoms with van der Waals surface area (Å²) in [7, 11) is 0. The molecule has 0 amide bonds. The molecule has 2 nitrogen and oxygen atoms in total. The molecular weight excluding hydrogens is 208 g/mol. The summed E-state index contributed by atoms with van der Waals surface area (Å²) in [5.41, 5.74) is 2.60. The summed E-state index contributed by atoms with van der Waals surface area (Å²) in [5, 5.41) is 7.01. The Labute approximate surface area is 106 Å². The largest absolute Gasteiger partial charge is 0.382 e. The van der Waals surface area contributed by atoms with Crippen LogP contribution in [0.2, 0.25) is 0 Å². The molecule has 0 fully saturated rings. The quantitative estimate of drug-likeness (QED) is 0.669. The highest BCUT2D eigenvalue weighted by Gasteiger charge is 2.03. The minimum atomic E-state index is 0.592. The first-order chi connectivity index (χ1) is 8.30. The van der Waals surface area contributed by atoms with E-state index in [2.05, 4.69) is 55.7 Å². The van der Waals surface area contributed by atoms with Gasteiger partial charge >= 0.3 is 0 Å². The molecule has 0 aliphatic heterocycles. The van der Waals surface area contributed by atoms with Crippen molar-refractivity contribution in [3.63, 3.8) is 0 Å². The summed E-state index contributed by atoms with van der Waals surface area (Å²) in [6, 6.07) is 9.31. The summed E-state index contributed by atoms with van der Waals surface area (Å²) in [6.45, 7) is 8.70. The highest BCUT2D eigenvalue weighted by Crippen LogP contribution is 2.14. The van der Waals surface area contributed by atoms with Crippen molar-refractivity contribution in [3.05, 3.63) is 29.8 Å². The van der Waals surface area contributed by atoms with Crippen molar-refractivity contribution in [2.24, 2.45) is 0 Å². The van der Waals surface area contributed by atoms with Gasteiger partial charge in [0.1, 0.15) is 0 Å². The van der Waals surface area contributed by atoms with Gasteiger partial charge in [0, 0.05) is 18.3 Å². The molecule has 0 aliphatic carbocycles. The van der Waals surface area contributed by atoms with E-state index < -0.39 is 0 Å². The molecule has 1 aromatic rings. The molecule has 96 valence electrons. The molecule has 1 aromatic carbocycles. The van der Waals surface area contributed by atoms with E-state index in [-0.39, 0.29) is 0 Å². The van der Waals surface area contributed by atoms with Crippen LogP contribution in [0, 0.1) is 0 Å². The summed E-state index contributed by atoms with van der Waals surface area (Å²) < 4.78 is 0. The van der Waals surface area contributed by atoms with Crippen molar-refractivity contribution in [1.82, 2.24) is 5.32 Å². The second-order valence-electron chi connectivity index (χ2n) is 4.53. The van der Waals surface area contributed by atoms with Gasteiger partial charge in [-0.25, -0.2) is 0 Å². The van der Waals surface area contributed by atoms with Crippen molar-refractivity contribution >= 4 is 5.69 Å². The smallest absolute Gasteiger partial charge is 0.0345 e. The number of benzene rings is 1. The highest BCUT2D eigenvalue weighted by atomic mass is 14.9. The van der Waals surface area contributed by atoms with Crippen LogP contribution in [0.3, 0.4) is 0 Å². The third-order valence-corrected chi connectivity index (χ3v) is 3.04. The predicted molar refractivity (Wildman–Crippen MR) is 76.4 cm³/mol. The Balaban J connectivity index is 2.52. The number of rotatable bonds is 8. The van der Waals surface area contributed by atoms with E-state index in [1.165, 1.54) is 30.5 Å². The van der Waals surface area contributed by atoms with Gasteiger partial charge in [0.15, 0.2) is 0 Å². The molecule has 0 aliphatic rings. The maximum Gasteiger partial charge on any atom is 0.0345 e. The Morgan fingerprint density at radius 2 is 1.88 bits per heavy atom. The molecule has 0 spiro atoms. The summed E-state index contributed by atoms with van der Waals surface area (Å²) in [5.74, 6) is 0. The zero-order valence-corrected chi connectivity index (χ0v) is 11.4. The topological polar surface area (TPSA) is 24.1 Å². The van der Waals surface area contributed by atoms with Crippen LogP contribution >= 0.6 is 0 Å². The van der Waals surface area contributed by atoms with Crippen LogP contribution in [0.15, 0.2) is 24.3 Å². The first-order valence-corrected chi connectivity index (χ1v) is 6.86. The monoisotopic (exact) mass is 234 g/mol. The van der Waals surface area contributed by atoms with Crippen LogP contribution in [0.5, 0.6) is 0 Å². The maximum absolute atomic E-state index is 3.58. The van der Waals surface area contributed by atoms with Crippen molar-refractivity contribution in [3.8, 4) is 0 Å². The van der Waals surface area contributed by atoms with Gasteiger partial charge in [0.25, 0.3) is 0 Å². The van der Waals surface area contributed by atoms with Crippen molar-refractivity contribution in [2.45, 2.75) is 52.6 Å². The number of anilines is 1. The van der Waals surface area contributed by atoms with Gasteiger partial charge in [-0.2, -0.15) is 0 Å². The fraction of sp³-hybridized carbons (Fsp3) is 0.600. The fourth-order valence-corrected chi connectivity index (χ4v) is 1.91. The molecule has 2 N–H and O–H groups in total. The molecule has 0 bridgehead atoms. The number of hydrogen-bond donors (Lipinski definition) is 2. The zero-order valence-electron chi connectivity index (χ0n) is 11.4. The van der Waals surface area contributed by atoms with E-state index in [1.807, 2.05) is 0 Å². The van der Waals surface area contributed by atoms with Crippen LogP contribution < -0.4 is 10.6 Å². The van der Waals surface area contributed by atoms with Crippen LogP contribution in [0.4, 0.5) is 5.69 Å². The second kappa shape index (κ2) is 8.13. The molecule has 1 rings (SSSR count). The van der Waals surface area contributed by atoms with Gasteiger partial charge in [-0.1, -0.05) is 32.9 Å². The Bertz CT molecular complexity index is 306. The third kappa shape index (κ3) is 5.22. The molecule has 0 aromatic heterocycles. The average molecular weight is 234 g/mol. The van der Waals surface area contributed by atoms with Crippen LogP contribution in [-0.4, -0.2) is 12.6 Å². The molecule has 0 radical (unpaired) electrons. The third-order valence-electron chi connectivity index (χ3n) is 3.04. The van der Waals surface area contributed by atoms with E-state index in [1.54, 1.807) is 0 Å². The Morgan fingerprint density at radius 3 is 2.53 bits per heavy atom. The Hall–Kier alpha value is -1.02. The number of nitrogens with one attached hydrogen (secondary N) is 2. The highest BCUT2D eigenvalue weighted by molar-refractivity contribution is 5.46. The van der Waals surface area contributed by atoms with E-state index in [0.717, 1.165) is 13.1 Å². The lowest BCUT2D eigenvalue weighted by Crippen LogP contribution is -2.17. The average Bonchev–Trinajstić information content (AvgIpc) is 2.37. The fourth-order valence-electron chi connectivity index (χ4n) is 1.91. The molecule has 0 saturated carbocycles. The normalized spacial score (nSPS) is 10.8. The molecule has 0 atom stereocenters. The molecule has 0 unspecified atom stereocenters. The van der Waals surface area contributed by atoms with E-state index in [4.69, 9.17) is 0 Å². The van der Waals surface area contributed by atoms with E-state index >= 15 is 0 Å². The lowest BCUT2D eigenvalue weighted by molar-refractivity contribution is 0.668. The van der Waals surface area contributed by atoms with E-state index in [0.29, 0.717) is 6.04 Å². The number of hydrogen-bond acceptors (Lipinski definition) is 2. The first kappa shape index (κ1) is 14.0. The van der Waals surface area contributed by atoms with E-state index in [9.17, 15) is 0 Å². The van der Waals surface area contributed by atoms with Crippen molar-refractivity contribution < 1.29 is 0 Å². The van der Waals surface area contributed by atoms with Gasteiger partial charge in [-0.3, -0.25) is 0 Å². The summed E-state index contributed by atoms with van der Waals surface area (Å²) >= 11 is 0. The maximum atomic E-state index is 3.58. The van der Waals surface area contributed by atoms with Crippen molar-refractivity contribution in [1.29, 1.82) is 0 Å². The van der Waals surface area contributed by atoms with Crippen LogP contribution in [-0.2, 0) is 6.54 Å². The second-order valence-corrected chi connectivity index (χ2v) is 4.53. The van der Waals surface area contributed by atoms with Crippen LogP contribution in [0.25, 0.3) is 0 Å². The SMILES string of the molecule is CCCNCc1cccc(NC(CC)CC)c1. The van der Waals surface area contributed by atoms with Gasteiger partial charge in [0.2, 0.25) is 0 Å². The standard InChI is InChI=1S/C15H26N2/c1-4-10-16-12-13-8-7-9-15(11-13)17-14(5-2)6-3/h7-9,11,14,16-17H,4-6,10,12H2,1-3H3. The molecular formula is C15H26N2. The lowest BCUT2D eigenvalue weighted by Gasteiger charge is -2.17. The minimum absolute atomic E-state index is 0.592. The van der Waals surface area contributed by atoms with Crippen molar-refractivity contribution in [2.75, 3.05) is 11.9 Å². The molecule has 0 heterocycles. The lowest BCUT2D eigenvalue weighted by atomic mass is 10.1. The van der Waals surface area contributed by atoms with Crippen LogP contribution in [0.1, 0.15) is 45.6 Å². The first-order valence-electron chi connectivity index (χ1n) is 6.86. The molecule has 2 heteroatoms. The Kier molecular flexibility index (Phi) is 6.71. The molecule has 0 saturated heterocycles. The van der Waals surface area contributed by atoms with Gasteiger partial charge in [-0.05, 0) is 43.5 Å². The molecule has 17 heavy (non-hydrogen) atoms. The summed E-state index contributed by atoms with van der Waals surface area (Å²) in [4.78, 5) is 0. The minimum Gasteiger partial charge on any atom is -0.382 e.